The molecule has 0 spiro atoms. The lowest BCUT2D eigenvalue weighted by Gasteiger charge is -2.13. The molecule has 0 aliphatic rings. The summed E-state index contributed by atoms with van der Waals surface area (Å²) in [6.45, 7) is 5.38. The molecule has 0 fully saturated rings. The van der Waals surface area contributed by atoms with Crippen LogP contribution in [0, 0.1) is 0 Å². The lowest BCUT2D eigenvalue weighted by molar-refractivity contribution is 0.0652. The van der Waals surface area contributed by atoms with Gasteiger partial charge in [0.1, 0.15) is 0 Å². The van der Waals surface area contributed by atoms with E-state index in [1.165, 1.54) is 0 Å². The van der Waals surface area contributed by atoms with Gasteiger partial charge in [0.15, 0.2) is 0 Å². The van der Waals surface area contributed by atoms with Crippen LogP contribution in [-0.2, 0) is 11.3 Å². The van der Waals surface area contributed by atoms with E-state index in [4.69, 9.17) is 22.1 Å². The fourth-order valence-corrected chi connectivity index (χ4v) is 2.07. The van der Waals surface area contributed by atoms with Crippen LogP contribution in [0.4, 0.5) is 5.95 Å². The third-order valence-corrected chi connectivity index (χ3v) is 2.87. The SMILES string of the molecule is CCOC(C)Cn1c(N)nc2cc(Cl)ccc21. The highest BCUT2D eigenvalue weighted by Gasteiger charge is 2.11. The van der Waals surface area contributed by atoms with E-state index in [0.29, 0.717) is 24.1 Å². The fraction of sp³-hybridized carbons (Fsp3) is 0.417. The molecule has 0 saturated carbocycles. The van der Waals surface area contributed by atoms with Crippen molar-refractivity contribution in [1.82, 2.24) is 9.55 Å². The van der Waals surface area contributed by atoms with Crippen LogP contribution >= 0.6 is 11.6 Å². The Kier molecular flexibility index (Phi) is 3.54. The molecule has 1 heterocycles. The van der Waals surface area contributed by atoms with Crippen molar-refractivity contribution in [2.75, 3.05) is 12.3 Å². The number of benzene rings is 1. The molecule has 5 heteroatoms. The predicted octanol–water partition coefficient (Wildman–Crippen LogP) is 2.70. The summed E-state index contributed by atoms with van der Waals surface area (Å²) in [7, 11) is 0. The smallest absolute Gasteiger partial charge is 0.201 e. The quantitative estimate of drug-likeness (QED) is 0.912. The first-order valence-corrected chi connectivity index (χ1v) is 6.02. The molecule has 92 valence electrons. The first-order valence-electron chi connectivity index (χ1n) is 5.64. The van der Waals surface area contributed by atoms with Crippen molar-refractivity contribution < 1.29 is 4.74 Å². The van der Waals surface area contributed by atoms with Crippen molar-refractivity contribution in [3.63, 3.8) is 0 Å². The number of anilines is 1. The van der Waals surface area contributed by atoms with E-state index >= 15 is 0 Å². The van der Waals surface area contributed by atoms with Gasteiger partial charge in [0.2, 0.25) is 5.95 Å². The van der Waals surface area contributed by atoms with Crippen LogP contribution in [0.2, 0.25) is 5.02 Å². The zero-order valence-electron chi connectivity index (χ0n) is 9.98. The van der Waals surface area contributed by atoms with Gasteiger partial charge in [-0.1, -0.05) is 11.6 Å². The molecule has 0 aliphatic heterocycles. The van der Waals surface area contributed by atoms with Crippen LogP contribution in [0.5, 0.6) is 0 Å². The number of ether oxygens (including phenoxy) is 1. The molecule has 1 unspecified atom stereocenters. The molecule has 2 rings (SSSR count). The molecular weight excluding hydrogens is 238 g/mol. The minimum absolute atomic E-state index is 0.107. The van der Waals surface area contributed by atoms with Gasteiger partial charge in [-0.2, -0.15) is 0 Å². The van der Waals surface area contributed by atoms with Crippen molar-refractivity contribution in [1.29, 1.82) is 0 Å². The van der Waals surface area contributed by atoms with E-state index in [9.17, 15) is 0 Å². The number of hydrogen-bond acceptors (Lipinski definition) is 3. The predicted molar refractivity (Wildman–Crippen MR) is 70.2 cm³/mol. The molecule has 0 aliphatic carbocycles. The molecule has 1 atom stereocenters. The van der Waals surface area contributed by atoms with Crippen LogP contribution in [0.15, 0.2) is 18.2 Å². The Morgan fingerprint density at radius 2 is 2.29 bits per heavy atom. The molecular formula is C12H16ClN3O. The van der Waals surface area contributed by atoms with Gasteiger partial charge in [-0.05, 0) is 32.0 Å². The van der Waals surface area contributed by atoms with Gasteiger partial charge < -0.3 is 15.0 Å². The number of rotatable bonds is 4. The minimum atomic E-state index is 0.107. The van der Waals surface area contributed by atoms with Crippen LogP contribution in [0.3, 0.4) is 0 Å². The number of fused-ring (bicyclic) bond motifs is 1. The molecule has 0 saturated heterocycles. The molecule has 17 heavy (non-hydrogen) atoms. The number of hydrogen-bond donors (Lipinski definition) is 1. The maximum Gasteiger partial charge on any atom is 0.201 e. The Labute approximate surface area is 105 Å². The summed E-state index contributed by atoms with van der Waals surface area (Å²) in [6.07, 6.45) is 0.107. The van der Waals surface area contributed by atoms with Gasteiger partial charge in [-0.25, -0.2) is 4.98 Å². The summed E-state index contributed by atoms with van der Waals surface area (Å²) in [4.78, 5) is 4.29. The first kappa shape index (κ1) is 12.2. The lowest BCUT2D eigenvalue weighted by Crippen LogP contribution is -2.17. The summed E-state index contributed by atoms with van der Waals surface area (Å²) < 4.78 is 7.46. The summed E-state index contributed by atoms with van der Waals surface area (Å²) in [5.41, 5.74) is 7.70. The van der Waals surface area contributed by atoms with Crippen molar-refractivity contribution in [3.05, 3.63) is 23.2 Å². The van der Waals surface area contributed by atoms with E-state index in [-0.39, 0.29) is 6.10 Å². The highest BCUT2D eigenvalue weighted by molar-refractivity contribution is 6.31. The Bertz CT molecular complexity index is 524. The van der Waals surface area contributed by atoms with Gasteiger partial charge in [0.25, 0.3) is 0 Å². The summed E-state index contributed by atoms with van der Waals surface area (Å²) >= 11 is 5.92. The topological polar surface area (TPSA) is 53.1 Å². The number of imidazole rings is 1. The molecule has 0 bridgehead atoms. The number of halogens is 1. The van der Waals surface area contributed by atoms with Gasteiger partial charge in [-0.3, -0.25) is 0 Å². The monoisotopic (exact) mass is 253 g/mol. The molecule has 1 aromatic carbocycles. The van der Waals surface area contributed by atoms with Gasteiger partial charge in [0, 0.05) is 11.6 Å². The maximum absolute atomic E-state index is 5.92. The second-order valence-electron chi connectivity index (χ2n) is 3.98. The molecule has 2 aromatic rings. The van der Waals surface area contributed by atoms with Crippen LogP contribution in [0.1, 0.15) is 13.8 Å². The first-order chi connectivity index (χ1) is 8.11. The fourth-order valence-electron chi connectivity index (χ4n) is 1.91. The molecule has 1 aromatic heterocycles. The Morgan fingerprint density at radius 1 is 1.53 bits per heavy atom. The van der Waals surface area contributed by atoms with Crippen molar-refractivity contribution >= 4 is 28.6 Å². The second kappa shape index (κ2) is 4.94. The van der Waals surface area contributed by atoms with E-state index in [2.05, 4.69) is 4.98 Å². The highest BCUT2D eigenvalue weighted by atomic mass is 35.5. The number of nitrogens with zero attached hydrogens (tertiary/aromatic N) is 2. The average Bonchev–Trinajstić information content (AvgIpc) is 2.55. The zero-order chi connectivity index (χ0) is 12.4. The van der Waals surface area contributed by atoms with E-state index in [1.807, 2.05) is 36.6 Å². The van der Waals surface area contributed by atoms with Crippen LogP contribution in [-0.4, -0.2) is 22.3 Å². The summed E-state index contributed by atoms with van der Waals surface area (Å²) in [5, 5.41) is 0.667. The number of aromatic nitrogens is 2. The largest absolute Gasteiger partial charge is 0.377 e. The van der Waals surface area contributed by atoms with Gasteiger partial charge in [-0.15, -0.1) is 0 Å². The second-order valence-corrected chi connectivity index (χ2v) is 4.42. The normalized spacial score (nSPS) is 13.1. The molecule has 0 amide bonds. The van der Waals surface area contributed by atoms with Crippen molar-refractivity contribution in [3.8, 4) is 0 Å². The van der Waals surface area contributed by atoms with Gasteiger partial charge >= 0.3 is 0 Å². The number of nitrogens with two attached hydrogens (primary N) is 1. The molecule has 4 nitrogen and oxygen atoms in total. The van der Waals surface area contributed by atoms with E-state index in [1.54, 1.807) is 0 Å². The van der Waals surface area contributed by atoms with Crippen molar-refractivity contribution in [2.45, 2.75) is 26.5 Å². The van der Waals surface area contributed by atoms with E-state index in [0.717, 1.165) is 11.0 Å². The summed E-state index contributed by atoms with van der Waals surface area (Å²) in [5.74, 6) is 0.494. The van der Waals surface area contributed by atoms with Crippen molar-refractivity contribution in [2.24, 2.45) is 0 Å². The Balaban J connectivity index is 2.36. The Morgan fingerprint density at radius 3 is 3.00 bits per heavy atom. The third-order valence-electron chi connectivity index (χ3n) is 2.63. The molecule has 0 radical (unpaired) electrons. The standard InChI is InChI=1S/C12H16ClN3O/c1-3-17-8(2)7-16-11-5-4-9(13)6-10(11)15-12(16)14/h4-6,8H,3,7H2,1-2H3,(H2,14,15). The Hall–Kier alpha value is -1.26. The van der Waals surface area contributed by atoms with Crippen LogP contribution in [0.25, 0.3) is 11.0 Å². The average molecular weight is 254 g/mol. The van der Waals surface area contributed by atoms with Crippen LogP contribution < -0.4 is 5.73 Å². The zero-order valence-corrected chi connectivity index (χ0v) is 10.7. The lowest BCUT2D eigenvalue weighted by atomic mass is 10.3. The summed E-state index contributed by atoms with van der Waals surface area (Å²) in [6, 6.07) is 5.58. The third kappa shape index (κ3) is 2.53. The molecule has 2 N–H and O–H groups in total. The highest BCUT2D eigenvalue weighted by Crippen LogP contribution is 2.22. The number of nitrogen functional groups attached to an aromatic ring is 1. The van der Waals surface area contributed by atoms with Gasteiger partial charge in [0.05, 0.1) is 23.7 Å². The maximum atomic E-state index is 5.92. The van der Waals surface area contributed by atoms with E-state index < -0.39 is 0 Å². The minimum Gasteiger partial charge on any atom is -0.377 e.